The van der Waals surface area contributed by atoms with Gasteiger partial charge in [0.15, 0.2) is 0 Å². The molecular weight excluding hydrogens is 289 g/mol. The number of nitrogens with two attached hydrogens (primary N) is 1. The van der Waals surface area contributed by atoms with Gasteiger partial charge in [-0.3, -0.25) is 4.79 Å². The molecule has 1 atom stereocenters. The molecule has 0 spiro atoms. The van der Waals surface area contributed by atoms with Crippen LogP contribution >= 0.6 is 0 Å². The Hall–Kier alpha value is -2.42. The van der Waals surface area contributed by atoms with Gasteiger partial charge in [0.1, 0.15) is 6.04 Å². The summed E-state index contributed by atoms with van der Waals surface area (Å²) in [6.45, 7) is 0. The second-order valence-corrected chi connectivity index (χ2v) is 4.35. The maximum atomic E-state index is 12.4. The van der Waals surface area contributed by atoms with Gasteiger partial charge in [0.25, 0.3) is 0 Å². The quantitative estimate of drug-likeness (QED) is 0.886. The summed E-state index contributed by atoms with van der Waals surface area (Å²) in [5, 5.41) is 16.1. The molecule has 112 valence electrons. The molecule has 0 fully saturated rings. The number of nitrogens with zero attached hydrogens (tertiary/aromatic N) is 3. The van der Waals surface area contributed by atoms with Gasteiger partial charge in [-0.25, -0.2) is 4.68 Å². The van der Waals surface area contributed by atoms with Crippen LogP contribution in [0.2, 0.25) is 0 Å². The Kier molecular flexibility index (Phi) is 3.94. The molecule has 0 bridgehead atoms. The Morgan fingerprint density at radius 1 is 1.33 bits per heavy atom. The van der Waals surface area contributed by atoms with Crippen molar-refractivity contribution in [3.63, 3.8) is 0 Å². The second kappa shape index (κ2) is 5.52. The lowest BCUT2D eigenvalue weighted by Gasteiger charge is -2.07. The number of alkyl halides is 3. The van der Waals surface area contributed by atoms with Gasteiger partial charge in [-0.1, -0.05) is 5.21 Å². The summed E-state index contributed by atoms with van der Waals surface area (Å²) >= 11 is 0. The van der Waals surface area contributed by atoms with Gasteiger partial charge in [0.05, 0.1) is 23.1 Å². The van der Waals surface area contributed by atoms with Crippen molar-refractivity contribution in [2.45, 2.75) is 18.6 Å². The minimum Gasteiger partial charge on any atom is -0.480 e. The monoisotopic (exact) mass is 300 g/mol. The first-order valence-electron chi connectivity index (χ1n) is 5.84. The third kappa shape index (κ3) is 3.57. The summed E-state index contributed by atoms with van der Waals surface area (Å²) in [6.07, 6.45) is -3.00. The molecule has 2 aromatic rings. The lowest BCUT2D eigenvalue weighted by Crippen LogP contribution is -2.32. The van der Waals surface area contributed by atoms with Crippen molar-refractivity contribution in [3.05, 3.63) is 41.7 Å². The topological polar surface area (TPSA) is 94.0 Å². The van der Waals surface area contributed by atoms with Crippen molar-refractivity contribution < 1.29 is 23.1 Å². The zero-order valence-electron chi connectivity index (χ0n) is 10.6. The van der Waals surface area contributed by atoms with Crippen LogP contribution in [-0.4, -0.2) is 32.1 Å². The van der Waals surface area contributed by atoms with Gasteiger partial charge in [-0.15, -0.1) is 5.10 Å². The minimum absolute atomic E-state index is 0.0179. The summed E-state index contributed by atoms with van der Waals surface area (Å²) in [5.41, 5.74) is 5.32. The van der Waals surface area contributed by atoms with Crippen molar-refractivity contribution in [2.75, 3.05) is 0 Å². The smallest absolute Gasteiger partial charge is 0.416 e. The van der Waals surface area contributed by atoms with Gasteiger partial charge < -0.3 is 10.8 Å². The number of carboxylic acids is 1. The molecule has 1 heterocycles. The van der Waals surface area contributed by atoms with E-state index < -0.39 is 23.8 Å². The zero-order valence-corrected chi connectivity index (χ0v) is 10.6. The molecule has 0 aliphatic rings. The van der Waals surface area contributed by atoms with E-state index in [0.717, 1.165) is 12.1 Å². The Morgan fingerprint density at radius 3 is 2.48 bits per heavy atom. The Bertz CT molecular complexity index is 637. The normalized spacial score (nSPS) is 13.1. The van der Waals surface area contributed by atoms with Crippen LogP contribution in [0.15, 0.2) is 30.5 Å². The van der Waals surface area contributed by atoms with E-state index in [1.54, 1.807) is 0 Å². The van der Waals surface area contributed by atoms with Crippen LogP contribution in [0.1, 0.15) is 11.3 Å². The van der Waals surface area contributed by atoms with Gasteiger partial charge in [-0.2, -0.15) is 13.2 Å². The average molecular weight is 300 g/mol. The number of aliphatic carboxylic acids is 1. The molecule has 1 aromatic heterocycles. The molecular formula is C12H11F3N4O2. The number of halogens is 3. The fourth-order valence-electron chi connectivity index (χ4n) is 1.63. The number of carboxylic acid groups (broad SMARTS) is 1. The molecule has 0 radical (unpaired) electrons. The third-order valence-corrected chi connectivity index (χ3v) is 2.75. The van der Waals surface area contributed by atoms with E-state index in [1.807, 2.05) is 0 Å². The molecule has 21 heavy (non-hydrogen) atoms. The van der Waals surface area contributed by atoms with Gasteiger partial charge in [0, 0.05) is 6.42 Å². The largest absolute Gasteiger partial charge is 0.480 e. The Balaban J connectivity index is 2.16. The molecule has 1 unspecified atom stereocenters. The minimum atomic E-state index is -4.40. The van der Waals surface area contributed by atoms with Crippen molar-refractivity contribution in [2.24, 2.45) is 5.73 Å². The highest BCUT2D eigenvalue weighted by Gasteiger charge is 2.30. The van der Waals surface area contributed by atoms with Crippen molar-refractivity contribution in [1.82, 2.24) is 15.0 Å². The Labute approximate surface area is 117 Å². The molecule has 0 aliphatic heterocycles. The first kappa shape index (κ1) is 15.0. The zero-order chi connectivity index (χ0) is 15.6. The molecule has 1 aromatic carbocycles. The molecule has 0 saturated heterocycles. The fourth-order valence-corrected chi connectivity index (χ4v) is 1.63. The summed E-state index contributed by atoms with van der Waals surface area (Å²) in [5.74, 6) is -1.17. The van der Waals surface area contributed by atoms with Crippen LogP contribution < -0.4 is 5.73 Å². The van der Waals surface area contributed by atoms with E-state index >= 15 is 0 Å². The Morgan fingerprint density at radius 2 is 1.95 bits per heavy atom. The van der Waals surface area contributed by atoms with Crippen LogP contribution in [0.4, 0.5) is 13.2 Å². The van der Waals surface area contributed by atoms with E-state index in [4.69, 9.17) is 10.8 Å². The van der Waals surface area contributed by atoms with E-state index in [9.17, 15) is 18.0 Å². The number of rotatable bonds is 4. The maximum absolute atomic E-state index is 12.4. The summed E-state index contributed by atoms with van der Waals surface area (Å²) in [4.78, 5) is 10.6. The van der Waals surface area contributed by atoms with Crippen LogP contribution in [0.25, 0.3) is 5.69 Å². The highest BCUT2D eigenvalue weighted by atomic mass is 19.4. The highest BCUT2D eigenvalue weighted by molar-refractivity contribution is 5.73. The molecule has 0 saturated carbocycles. The highest BCUT2D eigenvalue weighted by Crippen LogP contribution is 2.29. The van der Waals surface area contributed by atoms with Gasteiger partial charge >= 0.3 is 12.1 Å². The molecule has 0 amide bonds. The fraction of sp³-hybridized carbons (Fsp3) is 0.250. The first-order chi connectivity index (χ1) is 9.77. The number of aromatic nitrogens is 3. The second-order valence-electron chi connectivity index (χ2n) is 4.35. The van der Waals surface area contributed by atoms with E-state index in [-0.39, 0.29) is 6.42 Å². The van der Waals surface area contributed by atoms with Crippen molar-refractivity contribution >= 4 is 5.97 Å². The van der Waals surface area contributed by atoms with Crippen molar-refractivity contribution in [3.8, 4) is 5.69 Å². The summed E-state index contributed by atoms with van der Waals surface area (Å²) in [7, 11) is 0. The van der Waals surface area contributed by atoms with Crippen molar-refractivity contribution in [1.29, 1.82) is 0 Å². The van der Waals surface area contributed by atoms with E-state index in [2.05, 4.69) is 10.3 Å². The first-order valence-corrected chi connectivity index (χ1v) is 5.84. The third-order valence-electron chi connectivity index (χ3n) is 2.75. The number of benzene rings is 1. The molecule has 3 N–H and O–H groups in total. The SMILES string of the molecule is NC(Cc1cn(-c2ccc(C(F)(F)F)cc2)nn1)C(=O)O. The molecule has 9 heteroatoms. The van der Waals surface area contributed by atoms with Crippen LogP contribution in [0.5, 0.6) is 0 Å². The standard InChI is InChI=1S/C12H11F3N4O2/c13-12(14,15)7-1-3-9(4-2-7)19-6-8(17-18-19)5-10(16)11(20)21/h1-4,6,10H,5,16H2,(H,20,21). The van der Waals surface area contributed by atoms with Crippen LogP contribution in [0, 0.1) is 0 Å². The predicted molar refractivity (Wildman–Crippen MR) is 65.7 cm³/mol. The number of carbonyl (C=O) groups is 1. The molecule has 2 rings (SSSR count). The number of hydrogen-bond acceptors (Lipinski definition) is 4. The lowest BCUT2D eigenvalue weighted by molar-refractivity contribution is -0.139. The van der Waals surface area contributed by atoms with E-state index in [0.29, 0.717) is 11.4 Å². The number of hydrogen-bond donors (Lipinski definition) is 2. The average Bonchev–Trinajstić information content (AvgIpc) is 2.86. The van der Waals surface area contributed by atoms with Gasteiger partial charge in [-0.05, 0) is 24.3 Å². The lowest BCUT2D eigenvalue weighted by atomic mass is 10.2. The predicted octanol–water partition coefficient (Wildman–Crippen LogP) is 1.24. The summed E-state index contributed by atoms with van der Waals surface area (Å²) < 4.78 is 38.6. The van der Waals surface area contributed by atoms with Gasteiger partial charge in [0.2, 0.25) is 0 Å². The maximum Gasteiger partial charge on any atom is 0.416 e. The summed E-state index contributed by atoms with van der Waals surface area (Å²) in [6, 6.07) is 3.25. The molecule has 6 nitrogen and oxygen atoms in total. The van der Waals surface area contributed by atoms with Crippen LogP contribution in [-0.2, 0) is 17.4 Å². The van der Waals surface area contributed by atoms with E-state index in [1.165, 1.54) is 23.0 Å². The molecule has 0 aliphatic carbocycles. The van der Waals surface area contributed by atoms with Crippen LogP contribution in [0.3, 0.4) is 0 Å².